The molecule has 1 saturated carbocycles. The molecule has 178 valence electrons. The van der Waals surface area contributed by atoms with Crippen molar-refractivity contribution in [3.05, 3.63) is 0 Å². The minimum atomic E-state index is -1.53. The maximum atomic E-state index is 13.4. The van der Waals surface area contributed by atoms with Gasteiger partial charge in [0.15, 0.2) is 6.29 Å². The number of guanidine groups is 1. The van der Waals surface area contributed by atoms with Crippen molar-refractivity contribution in [1.29, 1.82) is 0 Å². The van der Waals surface area contributed by atoms with E-state index in [1.54, 1.807) is 4.90 Å². The number of piperidine rings is 1. The van der Waals surface area contributed by atoms with E-state index in [0.717, 1.165) is 38.5 Å². The number of carbonyl (C=O) groups is 2. The van der Waals surface area contributed by atoms with Gasteiger partial charge in [0.1, 0.15) is 12.6 Å². The van der Waals surface area contributed by atoms with E-state index in [4.69, 9.17) is 16.3 Å². The SMILES string of the molecule is NC(N)=NOCCNC(=O)[C@@H]1CCCCN1C(=O)[C@H](CC1CCCCC1)NCC(O)O. The average Bonchev–Trinajstić information content (AvgIpc) is 2.76. The Balaban J connectivity index is 1.98. The lowest BCUT2D eigenvalue weighted by Crippen LogP contribution is -2.57. The Bertz CT molecular complexity index is 593. The second-order valence-electron chi connectivity index (χ2n) is 8.36. The molecule has 1 heterocycles. The summed E-state index contributed by atoms with van der Waals surface area (Å²) in [5, 5.41) is 27.7. The van der Waals surface area contributed by atoms with Crippen LogP contribution in [0.3, 0.4) is 0 Å². The number of rotatable bonds is 11. The van der Waals surface area contributed by atoms with Gasteiger partial charge in [-0.05, 0) is 36.8 Å². The van der Waals surface area contributed by atoms with Crippen LogP contribution in [0.25, 0.3) is 0 Å². The first-order chi connectivity index (χ1) is 14.9. The first kappa shape index (κ1) is 25.2. The summed E-state index contributed by atoms with van der Waals surface area (Å²) in [6.45, 7) is 0.751. The maximum Gasteiger partial charge on any atom is 0.242 e. The first-order valence-electron chi connectivity index (χ1n) is 11.3. The fourth-order valence-corrected chi connectivity index (χ4v) is 4.40. The van der Waals surface area contributed by atoms with Crippen LogP contribution in [-0.4, -0.2) is 77.5 Å². The molecule has 11 heteroatoms. The van der Waals surface area contributed by atoms with Gasteiger partial charge in [-0.2, -0.15) is 0 Å². The third-order valence-electron chi connectivity index (χ3n) is 5.89. The third-order valence-corrected chi connectivity index (χ3v) is 5.89. The van der Waals surface area contributed by atoms with Crippen LogP contribution in [0.2, 0.25) is 0 Å². The van der Waals surface area contributed by atoms with Gasteiger partial charge in [-0.1, -0.05) is 32.1 Å². The number of nitrogens with one attached hydrogen (secondary N) is 2. The van der Waals surface area contributed by atoms with E-state index in [0.29, 0.717) is 25.3 Å². The second kappa shape index (κ2) is 13.3. The highest BCUT2D eigenvalue weighted by atomic mass is 16.6. The Morgan fingerprint density at radius 2 is 1.81 bits per heavy atom. The zero-order chi connectivity index (χ0) is 22.6. The van der Waals surface area contributed by atoms with Gasteiger partial charge in [0.25, 0.3) is 0 Å². The lowest BCUT2D eigenvalue weighted by Gasteiger charge is -2.38. The van der Waals surface area contributed by atoms with Crippen LogP contribution >= 0.6 is 0 Å². The number of likely N-dealkylation sites (tertiary alicyclic amines) is 1. The van der Waals surface area contributed by atoms with Crippen molar-refractivity contribution in [2.45, 2.75) is 76.2 Å². The molecule has 8 N–H and O–H groups in total. The van der Waals surface area contributed by atoms with Crippen molar-refractivity contribution in [2.24, 2.45) is 22.5 Å². The summed E-state index contributed by atoms with van der Waals surface area (Å²) in [6, 6.07) is -1.09. The molecule has 2 amide bonds. The summed E-state index contributed by atoms with van der Waals surface area (Å²) in [7, 11) is 0. The molecule has 0 bridgehead atoms. The molecule has 11 nitrogen and oxygen atoms in total. The number of aliphatic hydroxyl groups excluding tert-OH is 1. The fraction of sp³-hybridized carbons (Fsp3) is 0.850. The zero-order valence-electron chi connectivity index (χ0n) is 18.2. The third kappa shape index (κ3) is 8.88. The van der Waals surface area contributed by atoms with Crippen LogP contribution in [0.1, 0.15) is 57.8 Å². The normalized spacial score (nSPS) is 20.9. The molecule has 1 aliphatic heterocycles. The molecule has 0 radical (unpaired) electrons. The standard InChI is InChI=1S/C20H38N6O5/c21-20(22)25-31-11-9-23-18(29)16-8-4-5-10-26(16)19(30)15(24-13-17(27)28)12-14-6-2-1-3-7-14/h14-17,24,27-28H,1-13H2,(H,23,29)(H4,21,22,25)/t15-,16-/m0/s1. The number of hydrogen-bond acceptors (Lipinski definition) is 7. The number of carbonyl (C=O) groups excluding carboxylic acids is 2. The zero-order valence-corrected chi connectivity index (χ0v) is 18.2. The minimum absolute atomic E-state index is 0.0873. The van der Waals surface area contributed by atoms with Crippen molar-refractivity contribution >= 4 is 17.8 Å². The number of nitrogens with two attached hydrogens (primary N) is 2. The minimum Gasteiger partial charge on any atom is -0.391 e. The molecule has 0 aromatic rings. The lowest BCUT2D eigenvalue weighted by atomic mass is 9.84. The Kier molecular flexibility index (Phi) is 10.8. The van der Waals surface area contributed by atoms with Crippen LogP contribution in [0.4, 0.5) is 0 Å². The van der Waals surface area contributed by atoms with E-state index in [1.165, 1.54) is 6.42 Å². The van der Waals surface area contributed by atoms with E-state index in [9.17, 15) is 19.8 Å². The van der Waals surface area contributed by atoms with Gasteiger partial charge in [-0.15, -0.1) is 0 Å². The number of aliphatic hydroxyl groups is 2. The van der Waals surface area contributed by atoms with Gasteiger partial charge in [0.05, 0.1) is 12.6 Å². The molecular weight excluding hydrogens is 404 g/mol. The predicted octanol–water partition coefficient (Wildman–Crippen LogP) is -1.07. The van der Waals surface area contributed by atoms with E-state index >= 15 is 0 Å². The smallest absolute Gasteiger partial charge is 0.242 e. The molecule has 2 fully saturated rings. The van der Waals surface area contributed by atoms with Crippen LogP contribution in [0, 0.1) is 5.92 Å². The second-order valence-corrected chi connectivity index (χ2v) is 8.36. The van der Waals surface area contributed by atoms with Crippen LogP contribution in [0.5, 0.6) is 0 Å². The van der Waals surface area contributed by atoms with E-state index in [2.05, 4.69) is 15.8 Å². The number of amides is 2. The Morgan fingerprint density at radius 1 is 1.10 bits per heavy atom. The van der Waals surface area contributed by atoms with Crippen LogP contribution < -0.4 is 22.1 Å². The summed E-state index contributed by atoms with van der Waals surface area (Å²) in [4.78, 5) is 32.7. The molecule has 1 aliphatic carbocycles. The number of oxime groups is 1. The molecule has 31 heavy (non-hydrogen) atoms. The molecule has 2 aliphatic rings. The van der Waals surface area contributed by atoms with E-state index in [1.807, 2.05) is 0 Å². The highest BCUT2D eigenvalue weighted by Gasteiger charge is 2.36. The van der Waals surface area contributed by atoms with Gasteiger partial charge < -0.3 is 42.1 Å². The number of nitrogens with zero attached hydrogens (tertiary/aromatic N) is 2. The quantitative estimate of drug-likeness (QED) is 0.0770. The maximum absolute atomic E-state index is 13.4. The summed E-state index contributed by atoms with van der Waals surface area (Å²) in [5.41, 5.74) is 10.4. The molecule has 2 atom stereocenters. The van der Waals surface area contributed by atoms with Crippen LogP contribution in [-0.2, 0) is 14.4 Å². The van der Waals surface area contributed by atoms with Gasteiger partial charge in [-0.25, -0.2) is 0 Å². The highest BCUT2D eigenvalue weighted by Crippen LogP contribution is 2.28. The lowest BCUT2D eigenvalue weighted by molar-refractivity contribution is -0.144. The van der Waals surface area contributed by atoms with Crippen molar-refractivity contribution < 1.29 is 24.6 Å². The van der Waals surface area contributed by atoms with Crippen molar-refractivity contribution in [3.8, 4) is 0 Å². The fourth-order valence-electron chi connectivity index (χ4n) is 4.40. The molecule has 0 unspecified atom stereocenters. The van der Waals surface area contributed by atoms with Gasteiger partial charge in [0, 0.05) is 13.1 Å². The van der Waals surface area contributed by atoms with Crippen LogP contribution in [0.15, 0.2) is 5.16 Å². The summed E-state index contributed by atoms with van der Waals surface area (Å²) in [6.07, 6.45) is 7.08. The molecule has 0 spiro atoms. The molecular formula is C20H38N6O5. The first-order valence-corrected chi connectivity index (χ1v) is 11.3. The topological polar surface area (TPSA) is 176 Å². The predicted molar refractivity (Wildman–Crippen MR) is 115 cm³/mol. The largest absolute Gasteiger partial charge is 0.391 e. The monoisotopic (exact) mass is 442 g/mol. The van der Waals surface area contributed by atoms with Gasteiger partial charge in [-0.3, -0.25) is 9.59 Å². The highest BCUT2D eigenvalue weighted by molar-refractivity contribution is 5.90. The summed E-state index contributed by atoms with van der Waals surface area (Å²) in [5.74, 6) is -0.154. The van der Waals surface area contributed by atoms with Gasteiger partial charge in [0.2, 0.25) is 17.8 Å². The summed E-state index contributed by atoms with van der Waals surface area (Å²) < 4.78 is 0. The Hall–Kier alpha value is -2.11. The summed E-state index contributed by atoms with van der Waals surface area (Å²) >= 11 is 0. The van der Waals surface area contributed by atoms with Gasteiger partial charge >= 0.3 is 0 Å². The van der Waals surface area contributed by atoms with Crippen molar-refractivity contribution in [3.63, 3.8) is 0 Å². The Labute approximate surface area is 183 Å². The molecule has 2 rings (SSSR count). The Morgan fingerprint density at radius 3 is 2.48 bits per heavy atom. The molecule has 0 aromatic heterocycles. The molecule has 1 saturated heterocycles. The van der Waals surface area contributed by atoms with Crippen molar-refractivity contribution in [1.82, 2.24) is 15.5 Å². The van der Waals surface area contributed by atoms with E-state index in [-0.39, 0.29) is 37.5 Å². The van der Waals surface area contributed by atoms with Crippen molar-refractivity contribution in [2.75, 3.05) is 26.2 Å². The molecule has 0 aromatic carbocycles. The van der Waals surface area contributed by atoms with E-state index < -0.39 is 18.4 Å². The number of hydrogen-bond donors (Lipinski definition) is 6. The average molecular weight is 443 g/mol.